The van der Waals surface area contributed by atoms with Gasteiger partial charge in [-0.1, -0.05) is 6.58 Å². The van der Waals surface area contributed by atoms with E-state index in [9.17, 15) is 0 Å². The van der Waals surface area contributed by atoms with E-state index >= 15 is 0 Å². The van der Waals surface area contributed by atoms with Crippen LogP contribution in [-0.2, 0) is 0 Å². The number of hydrogen-bond donors (Lipinski definition) is 2. The first-order chi connectivity index (χ1) is 2.91. The minimum Gasteiger partial charge on any atom is -0.274 e. The molecule has 0 radical (unpaired) electrons. The second-order valence-corrected chi connectivity index (χ2v) is 0.333. The smallest absolute Gasteiger partial charge is 0.0905 e. The Morgan fingerprint density at radius 2 is 1.83 bits per heavy atom. The molecule has 0 atom stereocenters. The first kappa shape index (κ1) is 8.94. The summed E-state index contributed by atoms with van der Waals surface area (Å²) in [6.45, 7) is 3.12. The van der Waals surface area contributed by atoms with E-state index in [1.54, 1.807) is 6.07 Å². The van der Waals surface area contributed by atoms with Crippen LogP contribution < -0.4 is 11.7 Å². The van der Waals surface area contributed by atoms with E-state index < -0.39 is 0 Å². The largest absolute Gasteiger partial charge is 0.274 e. The lowest BCUT2D eigenvalue weighted by Crippen LogP contribution is -2.02. The van der Waals surface area contributed by atoms with Crippen LogP contribution >= 0.6 is 0 Å². The maximum Gasteiger partial charge on any atom is 0.0905 e. The summed E-state index contributed by atoms with van der Waals surface area (Å²) in [5.74, 6) is 8.00. The van der Waals surface area contributed by atoms with Crippen molar-refractivity contribution in [2.24, 2.45) is 11.7 Å². The van der Waals surface area contributed by atoms with Crippen molar-refractivity contribution >= 4 is 0 Å². The molecule has 34 valence electrons. The predicted molar refractivity (Wildman–Crippen MR) is 24.2 cm³/mol. The Hall–Kier alpha value is -0.850. The van der Waals surface area contributed by atoms with E-state index in [0.29, 0.717) is 0 Å². The summed E-state index contributed by atoms with van der Waals surface area (Å²) in [7, 11) is 0. The summed E-state index contributed by atoms with van der Waals surface area (Å²) in [4.78, 5) is 0. The molecule has 3 nitrogen and oxygen atoms in total. The van der Waals surface area contributed by atoms with Crippen LogP contribution in [0.25, 0.3) is 0 Å². The average molecular weight is 85.1 g/mol. The first-order valence-electron chi connectivity index (χ1n) is 1.25. The fraction of sp³-hybridized carbons (Fsp3) is 0. The second kappa shape index (κ2) is 31.1. The molecular weight excluding hydrogens is 78.1 g/mol. The van der Waals surface area contributed by atoms with Crippen molar-refractivity contribution in [1.82, 2.24) is 0 Å². The Bertz CT molecular complexity index is 51.5. The van der Waals surface area contributed by atoms with Crippen molar-refractivity contribution in [3.63, 3.8) is 0 Å². The molecule has 0 aliphatic carbocycles. The quantitative estimate of drug-likeness (QED) is 0.237. The minimum absolute atomic E-state index is 1.18. The third-order valence-electron chi connectivity index (χ3n) is 0.0913. The maximum atomic E-state index is 7.51. The highest BCUT2D eigenvalue weighted by Gasteiger charge is 1.34. The highest BCUT2D eigenvalue weighted by molar-refractivity contribution is 4.93. The Morgan fingerprint density at radius 1 is 1.67 bits per heavy atom. The van der Waals surface area contributed by atoms with Gasteiger partial charge >= 0.3 is 0 Å². The number of hydrazine groups is 1. The van der Waals surface area contributed by atoms with Gasteiger partial charge in [0, 0.05) is 6.08 Å². The van der Waals surface area contributed by atoms with Gasteiger partial charge in [0.25, 0.3) is 0 Å². The van der Waals surface area contributed by atoms with Crippen LogP contribution in [0, 0.1) is 11.3 Å². The molecule has 0 rings (SSSR count). The summed E-state index contributed by atoms with van der Waals surface area (Å²) in [6, 6.07) is 1.69. The Balaban J connectivity index is 0. The summed E-state index contributed by atoms with van der Waals surface area (Å²) in [6.07, 6.45) is 1.18. The molecule has 0 saturated carbocycles. The molecule has 0 amide bonds. The number of rotatable bonds is 0. The molecular formula is C3H7N3. The van der Waals surface area contributed by atoms with Crippen LogP contribution in [0.2, 0.25) is 0 Å². The van der Waals surface area contributed by atoms with Crippen molar-refractivity contribution in [2.75, 3.05) is 0 Å². The monoisotopic (exact) mass is 85.1 g/mol. The van der Waals surface area contributed by atoms with Gasteiger partial charge in [-0.05, 0) is 0 Å². The molecule has 0 fully saturated rings. The third kappa shape index (κ3) is 647. The van der Waals surface area contributed by atoms with Gasteiger partial charge in [0.05, 0.1) is 6.07 Å². The number of hydrogen-bond acceptors (Lipinski definition) is 3. The van der Waals surface area contributed by atoms with Crippen molar-refractivity contribution in [3.05, 3.63) is 12.7 Å². The van der Waals surface area contributed by atoms with Gasteiger partial charge in [0.1, 0.15) is 0 Å². The molecule has 0 spiro atoms. The molecule has 6 heavy (non-hydrogen) atoms. The number of allylic oxidation sites excluding steroid dienone is 1. The number of nitrogens with zero attached hydrogens (tertiary/aromatic N) is 1. The molecule has 4 N–H and O–H groups in total. The van der Waals surface area contributed by atoms with E-state index in [4.69, 9.17) is 5.26 Å². The maximum absolute atomic E-state index is 7.51. The van der Waals surface area contributed by atoms with Crippen LogP contribution in [0.1, 0.15) is 0 Å². The Morgan fingerprint density at radius 3 is 1.83 bits per heavy atom. The van der Waals surface area contributed by atoms with E-state index in [-0.39, 0.29) is 0 Å². The van der Waals surface area contributed by atoms with Crippen LogP contribution in [0.4, 0.5) is 0 Å². The summed E-state index contributed by atoms with van der Waals surface area (Å²) in [5, 5.41) is 7.51. The number of nitriles is 1. The van der Waals surface area contributed by atoms with E-state index in [0.717, 1.165) is 0 Å². The zero-order valence-electron chi connectivity index (χ0n) is 3.39. The highest BCUT2D eigenvalue weighted by Crippen LogP contribution is 1.41. The molecule has 0 saturated heterocycles. The van der Waals surface area contributed by atoms with E-state index in [1.807, 2.05) is 0 Å². The minimum atomic E-state index is 1.18. The summed E-state index contributed by atoms with van der Waals surface area (Å²) >= 11 is 0. The standard InChI is InChI=1S/C3H3N.H4N2/c1-2-3-4;1-2/h2H,1H2;1-2H2. The van der Waals surface area contributed by atoms with Gasteiger partial charge in [-0.3, -0.25) is 11.7 Å². The van der Waals surface area contributed by atoms with Crippen LogP contribution in [0.3, 0.4) is 0 Å². The van der Waals surface area contributed by atoms with Crippen molar-refractivity contribution in [1.29, 1.82) is 5.26 Å². The van der Waals surface area contributed by atoms with Crippen LogP contribution in [0.5, 0.6) is 0 Å². The Kier molecular flexibility index (Phi) is 46.4. The molecule has 0 aromatic carbocycles. The highest BCUT2D eigenvalue weighted by atomic mass is 15.0. The van der Waals surface area contributed by atoms with Gasteiger partial charge in [-0.25, -0.2) is 0 Å². The predicted octanol–water partition coefficient (Wildman–Crippen LogP) is -0.485. The van der Waals surface area contributed by atoms with E-state index in [1.165, 1.54) is 6.08 Å². The first-order valence-corrected chi connectivity index (χ1v) is 1.25. The molecule has 0 unspecified atom stereocenters. The Labute approximate surface area is 36.8 Å². The van der Waals surface area contributed by atoms with E-state index in [2.05, 4.69) is 18.3 Å². The van der Waals surface area contributed by atoms with Gasteiger partial charge in [-0.2, -0.15) is 5.26 Å². The zero-order valence-corrected chi connectivity index (χ0v) is 3.39. The zero-order chi connectivity index (χ0) is 5.41. The van der Waals surface area contributed by atoms with Gasteiger partial charge in [-0.15, -0.1) is 0 Å². The molecule has 0 aliphatic heterocycles. The van der Waals surface area contributed by atoms with Crippen molar-refractivity contribution in [2.45, 2.75) is 0 Å². The lowest BCUT2D eigenvalue weighted by molar-refractivity contribution is 1.26. The summed E-state index contributed by atoms with van der Waals surface area (Å²) in [5.41, 5.74) is 0. The van der Waals surface area contributed by atoms with Crippen molar-refractivity contribution < 1.29 is 0 Å². The fourth-order valence-corrected chi connectivity index (χ4v) is 0. The molecule has 0 aromatic heterocycles. The lowest BCUT2D eigenvalue weighted by Gasteiger charge is -1.31. The normalized spacial score (nSPS) is 3.50. The van der Waals surface area contributed by atoms with Gasteiger partial charge in [0.15, 0.2) is 0 Å². The molecule has 0 bridgehead atoms. The van der Waals surface area contributed by atoms with Crippen molar-refractivity contribution in [3.8, 4) is 6.07 Å². The lowest BCUT2D eigenvalue weighted by atomic mass is 10.8. The van der Waals surface area contributed by atoms with Crippen LogP contribution in [-0.4, -0.2) is 0 Å². The molecule has 0 aliphatic rings. The van der Waals surface area contributed by atoms with Crippen LogP contribution in [0.15, 0.2) is 12.7 Å². The van der Waals surface area contributed by atoms with Gasteiger partial charge < -0.3 is 0 Å². The SMILES string of the molecule is C=CC#N.NN. The average Bonchev–Trinajstić information content (AvgIpc) is 1.72. The third-order valence-corrected chi connectivity index (χ3v) is 0.0913. The summed E-state index contributed by atoms with van der Waals surface area (Å²) < 4.78 is 0. The second-order valence-electron chi connectivity index (χ2n) is 0.333. The number of nitrogens with two attached hydrogens (primary N) is 2. The molecule has 0 aromatic rings. The molecule has 0 heterocycles. The topological polar surface area (TPSA) is 75.8 Å². The fourth-order valence-electron chi connectivity index (χ4n) is 0. The van der Waals surface area contributed by atoms with Gasteiger partial charge in [0.2, 0.25) is 0 Å². The molecule has 3 heteroatoms.